The lowest BCUT2D eigenvalue weighted by molar-refractivity contribution is 0.101. The molecule has 2 heterocycles. The van der Waals surface area contributed by atoms with Gasteiger partial charge < -0.3 is 5.32 Å². The number of Topliss-reactive ketones (excluding diaryl/α,β-unsaturated/α-hetero) is 1. The first kappa shape index (κ1) is 8.44. The molecule has 0 aliphatic carbocycles. The first-order chi connectivity index (χ1) is 6.27. The van der Waals surface area contributed by atoms with Gasteiger partial charge in [0.15, 0.2) is 5.78 Å². The molecule has 1 N–H and O–H groups in total. The summed E-state index contributed by atoms with van der Waals surface area (Å²) < 4.78 is 1.93. The standard InChI is InChI=1S/C9H13N3O/c1-7(13)9-5-8-6-10-3-2-4-12(8)11-9/h5,10H,2-4,6H2,1H3. The van der Waals surface area contributed by atoms with Gasteiger partial charge in [-0.3, -0.25) is 9.48 Å². The Morgan fingerprint density at radius 3 is 3.31 bits per heavy atom. The number of aromatic nitrogens is 2. The fourth-order valence-corrected chi connectivity index (χ4v) is 1.53. The Morgan fingerprint density at radius 1 is 1.69 bits per heavy atom. The van der Waals surface area contributed by atoms with E-state index in [2.05, 4.69) is 10.4 Å². The summed E-state index contributed by atoms with van der Waals surface area (Å²) in [6.07, 6.45) is 1.08. The van der Waals surface area contributed by atoms with E-state index >= 15 is 0 Å². The lowest BCUT2D eigenvalue weighted by Gasteiger charge is -1.98. The fourth-order valence-electron chi connectivity index (χ4n) is 1.53. The number of ketones is 1. The van der Waals surface area contributed by atoms with Crippen molar-refractivity contribution in [1.29, 1.82) is 0 Å². The van der Waals surface area contributed by atoms with Crippen molar-refractivity contribution in [3.8, 4) is 0 Å². The van der Waals surface area contributed by atoms with Crippen LogP contribution in [0, 0.1) is 0 Å². The Kier molecular flexibility index (Phi) is 2.14. The second-order valence-corrected chi connectivity index (χ2v) is 3.33. The highest BCUT2D eigenvalue weighted by Gasteiger charge is 2.12. The van der Waals surface area contributed by atoms with Gasteiger partial charge in [-0.1, -0.05) is 0 Å². The summed E-state index contributed by atoms with van der Waals surface area (Å²) in [6.45, 7) is 4.31. The Hall–Kier alpha value is -1.16. The summed E-state index contributed by atoms with van der Waals surface area (Å²) >= 11 is 0. The number of rotatable bonds is 1. The molecule has 0 spiro atoms. The van der Waals surface area contributed by atoms with Crippen molar-refractivity contribution in [3.63, 3.8) is 0 Å². The van der Waals surface area contributed by atoms with Gasteiger partial charge in [0.25, 0.3) is 0 Å². The molecule has 0 fully saturated rings. The Morgan fingerprint density at radius 2 is 2.54 bits per heavy atom. The number of nitrogens with zero attached hydrogens (tertiary/aromatic N) is 2. The highest BCUT2D eigenvalue weighted by atomic mass is 16.1. The van der Waals surface area contributed by atoms with Crippen LogP contribution >= 0.6 is 0 Å². The molecule has 1 aliphatic rings. The van der Waals surface area contributed by atoms with Crippen molar-refractivity contribution in [2.45, 2.75) is 26.4 Å². The highest BCUT2D eigenvalue weighted by molar-refractivity contribution is 5.92. The molecular weight excluding hydrogens is 166 g/mol. The van der Waals surface area contributed by atoms with E-state index in [1.165, 1.54) is 0 Å². The first-order valence-corrected chi connectivity index (χ1v) is 4.56. The average Bonchev–Trinajstić information content (AvgIpc) is 2.38. The number of hydrogen-bond donors (Lipinski definition) is 1. The van der Waals surface area contributed by atoms with Crippen LogP contribution in [0.2, 0.25) is 0 Å². The first-order valence-electron chi connectivity index (χ1n) is 4.56. The smallest absolute Gasteiger partial charge is 0.179 e. The zero-order chi connectivity index (χ0) is 9.26. The van der Waals surface area contributed by atoms with Crippen LogP contribution in [0.4, 0.5) is 0 Å². The van der Waals surface area contributed by atoms with E-state index < -0.39 is 0 Å². The maximum absolute atomic E-state index is 11.1. The van der Waals surface area contributed by atoms with E-state index in [0.717, 1.165) is 31.7 Å². The molecule has 0 amide bonds. The summed E-state index contributed by atoms with van der Waals surface area (Å²) in [6, 6.07) is 1.88. The number of carbonyl (C=O) groups is 1. The van der Waals surface area contributed by atoms with Crippen LogP contribution in [0.25, 0.3) is 0 Å². The van der Waals surface area contributed by atoms with E-state index in [9.17, 15) is 4.79 Å². The van der Waals surface area contributed by atoms with E-state index in [0.29, 0.717) is 5.69 Å². The number of nitrogens with one attached hydrogen (secondary N) is 1. The van der Waals surface area contributed by atoms with E-state index in [-0.39, 0.29) is 5.78 Å². The van der Waals surface area contributed by atoms with Crippen molar-refractivity contribution in [2.24, 2.45) is 0 Å². The van der Waals surface area contributed by atoms with Gasteiger partial charge in [0, 0.05) is 20.0 Å². The van der Waals surface area contributed by atoms with Crippen LogP contribution in [-0.4, -0.2) is 22.1 Å². The second kappa shape index (κ2) is 3.30. The van der Waals surface area contributed by atoms with Gasteiger partial charge in [-0.25, -0.2) is 0 Å². The van der Waals surface area contributed by atoms with E-state index in [4.69, 9.17) is 0 Å². The Bertz CT molecular complexity index is 306. The van der Waals surface area contributed by atoms with Crippen molar-refractivity contribution < 1.29 is 4.79 Å². The number of fused-ring (bicyclic) bond motifs is 1. The molecule has 0 saturated heterocycles. The second-order valence-electron chi connectivity index (χ2n) is 3.33. The zero-order valence-electron chi connectivity index (χ0n) is 7.71. The Labute approximate surface area is 76.9 Å². The number of hydrogen-bond acceptors (Lipinski definition) is 3. The molecule has 4 nitrogen and oxygen atoms in total. The minimum atomic E-state index is 0.0422. The largest absolute Gasteiger partial charge is 0.311 e. The van der Waals surface area contributed by atoms with Crippen LogP contribution in [0.3, 0.4) is 0 Å². The van der Waals surface area contributed by atoms with Gasteiger partial charge >= 0.3 is 0 Å². The zero-order valence-corrected chi connectivity index (χ0v) is 7.71. The van der Waals surface area contributed by atoms with Gasteiger partial charge in [0.1, 0.15) is 5.69 Å². The van der Waals surface area contributed by atoms with Crippen LogP contribution in [0.1, 0.15) is 29.5 Å². The lowest BCUT2D eigenvalue weighted by Crippen LogP contribution is -2.11. The average molecular weight is 179 g/mol. The molecular formula is C9H13N3O. The summed E-state index contributed by atoms with van der Waals surface area (Å²) in [4.78, 5) is 11.1. The quantitative estimate of drug-likeness (QED) is 0.641. The molecule has 1 aliphatic heterocycles. The van der Waals surface area contributed by atoms with Crippen LogP contribution in [0.5, 0.6) is 0 Å². The van der Waals surface area contributed by atoms with Crippen molar-refractivity contribution >= 4 is 5.78 Å². The van der Waals surface area contributed by atoms with Gasteiger partial charge in [0.05, 0.1) is 5.69 Å². The molecule has 13 heavy (non-hydrogen) atoms. The van der Waals surface area contributed by atoms with Crippen molar-refractivity contribution in [3.05, 3.63) is 17.5 Å². The highest BCUT2D eigenvalue weighted by Crippen LogP contribution is 2.08. The summed E-state index contributed by atoms with van der Waals surface area (Å²) in [7, 11) is 0. The van der Waals surface area contributed by atoms with Crippen LogP contribution in [-0.2, 0) is 13.1 Å². The van der Waals surface area contributed by atoms with E-state index in [1.54, 1.807) is 6.92 Å². The topological polar surface area (TPSA) is 46.9 Å². The van der Waals surface area contributed by atoms with Crippen molar-refractivity contribution in [2.75, 3.05) is 6.54 Å². The SMILES string of the molecule is CC(=O)c1cc2n(n1)CCCNC2. The Balaban J connectivity index is 2.32. The molecule has 0 aromatic carbocycles. The maximum atomic E-state index is 11.1. The minimum absolute atomic E-state index is 0.0422. The molecule has 0 saturated carbocycles. The predicted octanol–water partition coefficient (Wildman–Crippen LogP) is 0.579. The predicted molar refractivity (Wildman–Crippen MR) is 48.6 cm³/mol. The molecule has 4 heteroatoms. The van der Waals surface area contributed by atoms with Crippen LogP contribution < -0.4 is 5.32 Å². The third-order valence-electron chi connectivity index (χ3n) is 2.25. The summed E-state index contributed by atoms with van der Waals surface area (Å²) in [5, 5.41) is 7.52. The molecule has 1 aromatic heterocycles. The third kappa shape index (κ3) is 1.62. The van der Waals surface area contributed by atoms with Gasteiger partial charge in [-0.15, -0.1) is 0 Å². The summed E-state index contributed by atoms with van der Waals surface area (Å²) in [5.41, 5.74) is 1.70. The number of carbonyl (C=O) groups excluding carboxylic acids is 1. The third-order valence-corrected chi connectivity index (χ3v) is 2.25. The molecule has 0 bridgehead atoms. The fraction of sp³-hybridized carbons (Fsp3) is 0.556. The van der Waals surface area contributed by atoms with Gasteiger partial charge in [-0.2, -0.15) is 5.10 Å². The van der Waals surface area contributed by atoms with Crippen molar-refractivity contribution in [1.82, 2.24) is 15.1 Å². The monoisotopic (exact) mass is 179 g/mol. The van der Waals surface area contributed by atoms with Gasteiger partial charge in [0.2, 0.25) is 0 Å². The minimum Gasteiger partial charge on any atom is -0.311 e. The molecule has 0 radical (unpaired) electrons. The van der Waals surface area contributed by atoms with E-state index in [1.807, 2.05) is 10.7 Å². The maximum Gasteiger partial charge on any atom is 0.179 e. The molecule has 0 unspecified atom stereocenters. The molecule has 1 aromatic rings. The number of aryl methyl sites for hydroxylation is 1. The lowest BCUT2D eigenvalue weighted by atomic mass is 10.3. The van der Waals surface area contributed by atoms with Crippen LogP contribution in [0.15, 0.2) is 6.07 Å². The molecule has 2 rings (SSSR count). The normalized spacial score (nSPS) is 16.4. The molecule has 70 valence electrons. The van der Waals surface area contributed by atoms with Gasteiger partial charge in [-0.05, 0) is 19.0 Å². The molecule has 0 atom stereocenters. The summed E-state index contributed by atoms with van der Waals surface area (Å²) in [5.74, 6) is 0.0422.